The van der Waals surface area contributed by atoms with Crippen molar-refractivity contribution in [1.82, 2.24) is 14.1 Å². The molecule has 0 fully saturated rings. The van der Waals surface area contributed by atoms with Crippen LogP contribution in [0.15, 0.2) is 322 Å². The van der Waals surface area contributed by atoms with Crippen LogP contribution in [-0.2, 0) is 21.7 Å². The summed E-state index contributed by atoms with van der Waals surface area (Å²) in [4.78, 5) is 9.60. The highest BCUT2D eigenvalue weighted by atomic mass is 15.2. The second kappa shape index (κ2) is 25.5. The standard InChI is InChI=1S/C106H90BN5/c1-103(2,3)71-43-55-92-85(59-71)86-60-72(104(4,5)6)44-56-93(86)110(92)77-51-53-89-96(63-77)109(75-47-39-68(40-48-75)66-27-16-13-17-28-66)98-65-91-99(84-38-26-37-83(101(84)108-91)82-36-25-24-35-81(82)80-34-23-22-33-79(80)70-31-20-15-21-32-70)102-100(98)107(89)90-54-52-78(64-97(90)112(102)76-49-41-69(42-50-76)67-29-18-14-19-30-67)111-94-57-45-73(105(7,8)9)61-87(94)88-62-74(106(10,11)12)46-58-95(88)111/h13-65,108H,1-12H3. The van der Waals surface area contributed by atoms with Gasteiger partial charge in [-0.3, -0.25) is 0 Å². The second-order valence-corrected chi connectivity index (χ2v) is 35.4. The molecular formula is C106H90BN5. The van der Waals surface area contributed by atoms with Crippen LogP contribution in [0.2, 0.25) is 0 Å². The number of rotatable bonds is 9. The van der Waals surface area contributed by atoms with E-state index in [-0.39, 0.29) is 28.4 Å². The van der Waals surface area contributed by atoms with Gasteiger partial charge in [0.1, 0.15) is 0 Å². The highest BCUT2D eigenvalue weighted by Gasteiger charge is 2.46. The molecule has 20 rings (SSSR count). The summed E-state index contributed by atoms with van der Waals surface area (Å²) in [5, 5.41) is 7.37. The molecule has 0 saturated heterocycles. The van der Waals surface area contributed by atoms with Crippen LogP contribution in [0.4, 0.5) is 34.1 Å². The van der Waals surface area contributed by atoms with Crippen LogP contribution in [0, 0.1) is 0 Å². The molecule has 0 unspecified atom stereocenters. The van der Waals surface area contributed by atoms with E-state index in [2.05, 4.69) is 429 Å². The van der Waals surface area contributed by atoms with Crippen LogP contribution < -0.4 is 26.2 Å². The summed E-state index contributed by atoms with van der Waals surface area (Å²) < 4.78 is 5.10. The summed E-state index contributed by atoms with van der Waals surface area (Å²) >= 11 is 0. The third kappa shape index (κ3) is 11.1. The number of fused-ring (bicyclic) bond motifs is 14. The quantitative estimate of drug-likeness (QED) is 0.146. The Kier molecular flexibility index (Phi) is 15.6. The minimum Gasteiger partial charge on any atom is -0.354 e. The zero-order valence-corrected chi connectivity index (χ0v) is 66.0. The molecular weight excluding hydrogens is 1350 g/mol. The first-order valence-corrected chi connectivity index (χ1v) is 39.8. The molecule has 5 nitrogen and oxygen atoms in total. The lowest BCUT2D eigenvalue weighted by molar-refractivity contribution is 0.590. The largest absolute Gasteiger partial charge is 0.354 e. The maximum Gasteiger partial charge on any atom is 0.252 e. The molecule has 6 heteroatoms. The van der Waals surface area contributed by atoms with E-state index < -0.39 is 0 Å². The molecule has 2 aliphatic rings. The van der Waals surface area contributed by atoms with Crippen molar-refractivity contribution in [1.29, 1.82) is 0 Å². The van der Waals surface area contributed by atoms with Gasteiger partial charge >= 0.3 is 0 Å². The Bertz CT molecular complexity index is 6670. The van der Waals surface area contributed by atoms with E-state index in [1.807, 2.05) is 0 Å². The number of hydrogen-bond donors (Lipinski definition) is 1. The second-order valence-electron chi connectivity index (χ2n) is 35.4. The van der Waals surface area contributed by atoms with E-state index in [4.69, 9.17) is 0 Å². The average Bonchev–Trinajstić information content (AvgIpc) is 1.26. The number of anilines is 6. The summed E-state index contributed by atoms with van der Waals surface area (Å²) in [6, 6.07) is 122. The predicted molar refractivity (Wildman–Crippen MR) is 480 cm³/mol. The van der Waals surface area contributed by atoms with Crippen LogP contribution in [-0.4, -0.2) is 20.8 Å². The van der Waals surface area contributed by atoms with Crippen molar-refractivity contribution in [3.8, 4) is 67.0 Å². The van der Waals surface area contributed by atoms with Crippen LogP contribution in [0.25, 0.3) is 132 Å². The Morgan fingerprint density at radius 1 is 0.259 bits per heavy atom. The molecule has 15 aromatic carbocycles. The third-order valence-corrected chi connectivity index (χ3v) is 24.3. The minimum atomic E-state index is -0.241. The molecule has 0 saturated carbocycles. The van der Waals surface area contributed by atoms with Gasteiger partial charge in [-0.2, -0.15) is 0 Å². The van der Waals surface area contributed by atoms with Gasteiger partial charge in [-0.05, 0) is 214 Å². The fourth-order valence-corrected chi connectivity index (χ4v) is 18.4. The summed E-state index contributed by atoms with van der Waals surface area (Å²) in [5.41, 5.74) is 36.2. The topological polar surface area (TPSA) is 32.1 Å². The van der Waals surface area contributed by atoms with Gasteiger partial charge in [-0.25, -0.2) is 0 Å². The van der Waals surface area contributed by atoms with Gasteiger partial charge in [0.2, 0.25) is 0 Å². The fraction of sp³-hybridized carbons (Fsp3) is 0.151. The van der Waals surface area contributed by atoms with Crippen LogP contribution in [0.3, 0.4) is 0 Å². The maximum absolute atomic E-state index is 4.33. The summed E-state index contributed by atoms with van der Waals surface area (Å²) in [5.74, 6) is 0. The number of benzene rings is 15. The van der Waals surface area contributed by atoms with Crippen molar-refractivity contribution in [2.45, 2.75) is 105 Å². The molecule has 1 N–H and O–H groups in total. The van der Waals surface area contributed by atoms with Crippen LogP contribution >= 0.6 is 0 Å². The van der Waals surface area contributed by atoms with Gasteiger partial charge < -0.3 is 23.9 Å². The summed E-state index contributed by atoms with van der Waals surface area (Å²) in [6.45, 7) is 27.7. The molecule has 542 valence electrons. The van der Waals surface area contributed by atoms with Crippen molar-refractivity contribution in [3.63, 3.8) is 0 Å². The monoisotopic (exact) mass is 1440 g/mol. The van der Waals surface area contributed by atoms with E-state index in [0.29, 0.717) is 0 Å². The lowest BCUT2D eigenvalue weighted by Gasteiger charge is -2.44. The average molecular weight is 1440 g/mol. The van der Waals surface area contributed by atoms with Gasteiger partial charge in [0, 0.05) is 77.7 Å². The molecule has 0 amide bonds. The highest BCUT2D eigenvalue weighted by molar-refractivity contribution is 7.00. The Balaban J connectivity index is 0.909. The molecule has 0 radical (unpaired) electrons. The lowest BCUT2D eigenvalue weighted by atomic mass is 9.33. The van der Waals surface area contributed by atoms with Gasteiger partial charge in [0.25, 0.3) is 6.71 Å². The van der Waals surface area contributed by atoms with E-state index in [0.717, 1.165) is 84.2 Å². The molecule has 5 heterocycles. The first-order valence-electron chi connectivity index (χ1n) is 39.8. The number of H-pyrrole nitrogens is 1. The number of hydrogen-bond acceptors (Lipinski definition) is 2. The number of para-hydroxylation sites is 1. The van der Waals surface area contributed by atoms with Crippen LogP contribution in [0.5, 0.6) is 0 Å². The Labute approximate surface area is 657 Å². The Morgan fingerprint density at radius 2 is 0.607 bits per heavy atom. The number of nitrogens with one attached hydrogen (secondary N) is 1. The molecule has 0 atom stereocenters. The van der Waals surface area contributed by atoms with Gasteiger partial charge in [-0.1, -0.05) is 301 Å². The smallest absolute Gasteiger partial charge is 0.252 e. The molecule has 3 aromatic heterocycles. The summed E-state index contributed by atoms with van der Waals surface area (Å²) in [6.07, 6.45) is 0. The molecule has 0 aliphatic carbocycles. The fourth-order valence-electron chi connectivity index (χ4n) is 18.4. The maximum atomic E-state index is 4.33. The van der Waals surface area contributed by atoms with Crippen molar-refractivity contribution >= 4 is 123 Å². The lowest BCUT2D eigenvalue weighted by Crippen LogP contribution is -2.61. The molecule has 18 aromatic rings. The first-order chi connectivity index (χ1) is 54.1. The number of aromatic amines is 1. The van der Waals surface area contributed by atoms with E-state index in [1.54, 1.807) is 0 Å². The summed E-state index contributed by atoms with van der Waals surface area (Å²) in [7, 11) is 0. The first kappa shape index (κ1) is 68.6. The highest BCUT2D eigenvalue weighted by Crippen LogP contribution is 2.53. The van der Waals surface area contributed by atoms with Gasteiger partial charge in [-0.15, -0.1) is 0 Å². The molecule has 0 bridgehead atoms. The van der Waals surface area contributed by atoms with E-state index >= 15 is 0 Å². The minimum absolute atomic E-state index is 0.0515. The van der Waals surface area contributed by atoms with Crippen molar-refractivity contribution in [3.05, 3.63) is 344 Å². The molecule has 112 heavy (non-hydrogen) atoms. The van der Waals surface area contributed by atoms with Gasteiger partial charge in [0.05, 0.1) is 38.8 Å². The van der Waals surface area contributed by atoms with Gasteiger partial charge in [0.15, 0.2) is 0 Å². The van der Waals surface area contributed by atoms with Crippen molar-refractivity contribution < 1.29 is 0 Å². The third-order valence-electron chi connectivity index (χ3n) is 24.3. The van der Waals surface area contributed by atoms with E-state index in [9.17, 15) is 0 Å². The normalized spacial score (nSPS) is 13.1. The van der Waals surface area contributed by atoms with Crippen molar-refractivity contribution in [2.24, 2.45) is 0 Å². The van der Waals surface area contributed by atoms with Crippen LogP contribution in [0.1, 0.15) is 105 Å². The van der Waals surface area contributed by atoms with E-state index in [1.165, 1.54) is 121 Å². The Hall–Kier alpha value is -12.6. The zero-order chi connectivity index (χ0) is 76.4. The molecule has 2 aliphatic heterocycles. The predicted octanol–water partition coefficient (Wildman–Crippen LogP) is 27.1. The number of aromatic nitrogens is 3. The Morgan fingerprint density at radius 3 is 1.04 bits per heavy atom. The van der Waals surface area contributed by atoms with Crippen molar-refractivity contribution in [2.75, 3.05) is 9.80 Å². The SMILES string of the molecule is CC(C)(C)c1ccc2c(c1)c1cc(C(C)(C)C)ccc1n2-c1ccc2c(c1)N(c1ccc(-c3ccccc3)cc1)c1cc3[nH]c4c(-c5ccccc5-c5ccccc5-c5ccccc5)cccc4c3c3c1B2c1ccc(-n2c4ccc(C(C)(C)C)cc4c4cc(C(C)(C)C)ccc42)cc1N3c1ccc(-c2ccccc2)cc1. The zero-order valence-electron chi connectivity index (χ0n) is 66.0. The number of nitrogens with zero attached hydrogens (tertiary/aromatic N) is 4. The molecule has 0 spiro atoms.